The highest BCUT2D eigenvalue weighted by Crippen LogP contribution is 2.13. The number of esters is 1. The van der Waals surface area contributed by atoms with Gasteiger partial charge in [-0.15, -0.1) is 0 Å². The standard InChI is InChI=1S/C15H19NO4/c1-16(10-9-15(18)20-3)14(17)8-7-12-5-4-6-13(11-12)19-2/h4-8,11H,9-10H2,1-3H3/b8-7+. The number of amides is 1. The number of carbonyl (C=O) groups is 2. The molecule has 5 heteroatoms. The molecular weight excluding hydrogens is 258 g/mol. The van der Waals surface area contributed by atoms with Crippen LogP contribution in [0.2, 0.25) is 0 Å². The molecule has 0 saturated heterocycles. The zero-order chi connectivity index (χ0) is 15.0. The molecular formula is C15H19NO4. The molecule has 108 valence electrons. The van der Waals surface area contributed by atoms with E-state index in [2.05, 4.69) is 4.74 Å². The monoisotopic (exact) mass is 277 g/mol. The first kappa shape index (κ1) is 15.8. The lowest BCUT2D eigenvalue weighted by Crippen LogP contribution is -2.27. The van der Waals surface area contributed by atoms with Gasteiger partial charge in [0.25, 0.3) is 0 Å². The maximum atomic E-state index is 11.8. The van der Waals surface area contributed by atoms with E-state index in [1.807, 2.05) is 24.3 Å². The van der Waals surface area contributed by atoms with Gasteiger partial charge in [0.1, 0.15) is 5.75 Å². The molecule has 0 fully saturated rings. The topological polar surface area (TPSA) is 55.8 Å². The molecule has 0 aliphatic carbocycles. The number of ether oxygens (including phenoxy) is 2. The van der Waals surface area contributed by atoms with Crippen LogP contribution in [0, 0.1) is 0 Å². The van der Waals surface area contributed by atoms with Gasteiger partial charge in [-0.2, -0.15) is 0 Å². The predicted octanol–water partition coefficient (Wildman–Crippen LogP) is 1.73. The Hall–Kier alpha value is -2.30. The summed E-state index contributed by atoms with van der Waals surface area (Å²) in [6.07, 6.45) is 3.36. The normalized spacial score (nSPS) is 10.3. The Kier molecular flexibility index (Phi) is 6.29. The summed E-state index contributed by atoms with van der Waals surface area (Å²) in [5.41, 5.74) is 0.874. The number of benzene rings is 1. The van der Waals surface area contributed by atoms with Crippen molar-refractivity contribution in [3.8, 4) is 5.75 Å². The maximum Gasteiger partial charge on any atom is 0.307 e. The quantitative estimate of drug-likeness (QED) is 0.587. The van der Waals surface area contributed by atoms with Gasteiger partial charge in [-0.1, -0.05) is 12.1 Å². The molecule has 0 aliphatic rings. The third kappa shape index (κ3) is 5.14. The first-order chi connectivity index (χ1) is 9.56. The summed E-state index contributed by atoms with van der Waals surface area (Å²) in [5.74, 6) is 0.233. The molecule has 20 heavy (non-hydrogen) atoms. The van der Waals surface area contributed by atoms with Crippen molar-refractivity contribution in [2.45, 2.75) is 6.42 Å². The number of hydrogen-bond donors (Lipinski definition) is 0. The number of hydrogen-bond acceptors (Lipinski definition) is 4. The molecule has 1 aromatic carbocycles. The third-order valence-electron chi connectivity index (χ3n) is 2.77. The van der Waals surface area contributed by atoms with E-state index < -0.39 is 0 Å². The van der Waals surface area contributed by atoms with Crippen molar-refractivity contribution < 1.29 is 19.1 Å². The Balaban J connectivity index is 2.55. The molecule has 0 saturated carbocycles. The smallest absolute Gasteiger partial charge is 0.307 e. The zero-order valence-corrected chi connectivity index (χ0v) is 12.0. The van der Waals surface area contributed by atoms with E-state index in [0.717, 1.165) is 11.3 Å². The van der Waals surface area contributed by atoms with Crippen molar-refractivity contribution in [3.05, 3.63) is 35.9 Å². The molecule has 5 nitrogen and oxygen atoms in total. The minimum absolute atomic E-state index is 0.170. The van der Waals surface area contributed by atoms with E-state index in [0.29, 0.717) is 6.54 Å². The number of methoxy groups -OCH3 is 2. The minimum Gasteiger partial charge on any atom is -0.497 e. The summed E-state index contributed by atoms with van der Waals surface area (Å²) >= 11 is 0. The Morgan fingerprint density at radius 3 is 2.70 bits per heavy atom. The van der Waals surface area contributed by atoms with Crippen molar-refractivity contribution in [1.82, 2.24) is 4.90 Å². The zero-order valence-electron chi connectivity index (χ0n) is 12.0. The lowest BCUT2D eigenvalue weighted by atomic mass is 10.2. The molecule has 0 aliphatic heterocycles. The van der Waals surface area contributed by atoms with E-state index in [4.69, 9.17) is 4.74 Å². The molecule has 1 aromatic rings. The molecule has 0 aromatic heterocycles. The summed E-state index contributed by atoms with van der Waals surface area (Å²) in [4.78, 5) is 24.3. The second-order valence-corrected chi connectivity index (χ2v) is 4.20. The highest BCUT2D eigenvalue weighted by molar-refractivity contribution is 5.91. The van der Waals surface area contributed by atoms with E-state index in [1.165, 1.54) is 18.1 Å². The van der Waals surface area contributed by atoms with Crippen LogP contribution in [0.1, 0.15) is 12.0 Å². The largest absolute Gasteiger partial charge is 0.497 e. The van der Waals surface area contributed by atoms with E-state index in [-0.39, 0.29) is 18.3 Å². The number of rotatable bonds is 6. The summed E-state index contributed by atoms with van der Waals surface area (Å²) in [6.45, 7) is 0.327. The van der Waals surface area contributed by atoms with Gasteiger partial charge in [-0.3, -0.25) is 9.59 Å². The van der Waals surface area contributed by atoms with Crippen LogP contribution < -0.4 is 4.74 Å². The number of carbonyl (C=O) groups excluding carboxylic acids is 2. The molecule has 0 radical (unpaired) electrons. The van der Waals surface area contributed by atoms with Gasteiger partial charge in [0.05, 0.1) is 20.6 Å². The van der Waals surface area contributed by atoms with Gasteiger partial charge in [0.2, 0.25) is 5.91 Å². The average molecular weight is 277 g/mol. The molecule has 1 amide bonds. The lowest BCUT2D eigenvalue weighted by molar-refractivity contribution is -0.141. The second kappa shape index (κ2) is 7.99. The number of nitrogens with zero attached hydrogens (tertiary/aromatic N) is 1. The number of likely N-dealkylation sites (N-methyl/N-ethyl adjacent to an activating group) is 1. The third-order valence-corrected chi connectivity index (χ3v) is 2.77. The predicted molar refractivity (Wildman–Crippen MR) is 76.3 cm³/mol. The van der Waals surface area contributed by atoms with Crippen molar-refractivity contribution >= 4 is 18.0 Å². The van der Waals surface area contributed by atoms with Crippen LogP contribution in [0.5, 0.6) is 5.75 Å². The van der Waals surface area contributed by atoms with Crippen LogP contribution in [0.4, 0.5) is 0 Å². The van der Waals surface area contributed by atoms with Crippen LogP contribution in [-0.2, 0) is 14.3 Å². The summed E-state index contributed by atoms with van der Waals surface area (Å²) < 4.78 is 9.63. The molecule has 0 atom stereocenters. The van der Waals surface area contributed by atoms with Gasteiger partial charge < -0.3 is 14.4 Å². The minimum atomic E-state index is -0.332. The first-order valence-electron chi connectivity index (χ1n) is 6.21. The van der Waals surface area contributed by atoms with Gasteiger partial charge in [-0.25, -0.2) is 0 Å². The average Bonchev–Trinajstić information content (AvgIpc) is 2.49. The Labute approximate surface area is 118 Å². The van der Waals surface area contributed by atoms with E-state index in [9.17, 15) is 9.59 Å². The van der Waals surface area contributed by atoms with E-state index in [1.54, 1.807) is 20.2 Å². The van der Waals surface area contributed by atoms with Gasteiger partial charge in [0, 0.05) is 19.7 Å². The van der Waals surface area contributed by atoms with Gasteiger partial charge >= 0.3 is 5.97 Å². The summed E-state index contributed by atoms with van der Waals surface area (Å²) in [7, 11) is 4.56. The summed E-state index contributed by atoms with van der Waals surface area (Å²) in [5, 5.41) is 0. The van der Waals surface area contributed by atoms with Crippen LogP contribution >= 0.6 is 0 Å². The Morgan fingerprint density at radius 1 is 1.30 bits per heavy atom. The second-order valence-electron chi connectivity index (χ2n) is 4.20. The van der Waals surface area contributed by atoms with Gasteiger partial charge in [0.15, 0.2) is 0 Å². The van der Waals surface area contributed by atoms with Crippen LogP contribution in [0.3, 0.4) is 0 Å². The molecule has 0 spiro atoms. The molecule has 0 heterocycles. The molecule has 0 N–H and O–H groups in total. The fourth-order valence-electron chi connectivity index (χ4n) is 1.51. The van der Waals surface area contributed by atoms with Crippen LogP contribution in [0.15, 0.2) is 30.3 Å². The fourth-order valence-corrected chi connectivity index (χ4v) is 1.51. The molecule has 0 unspecified atom stereocenters. The fraction of sp³-hybridized carbons (Fsp3) is 0.333. The Morgan fingerprint density at radius 2 is 2.05 bits per heavy atom. The first-order valence-corrected chi connectivity index (χ1v) is 6.21. The van der Waals surface area contributed by atoms with E-state index >= 15 is 0 Å². The highest BCUT2D eigenvalue weighted by Gasteiger charge is 2.07. The highest BCUT2D eigenvalue weighted by atomic mass is 16.5. The molecule has 1 rings (SSSR count). The lowest BCUT2D eigenvalue weighted by Gasteiger charge is -2.13. The van der Waals surface area contributed by atoms with Crippen molar-refractivity contribution in [2.24, 2.45) is 0 Å². The maximum absolute atomic E-state index is 11.8. The Bertz CT molecular complexity index is 496. The van der Waals surface area contributed by atoms with Gasteiger partial charge in [-0.05, 0) is 23.8 Å². The summed E-state index contributed by atoms with van der Waals surface area (Å²) in [6, 6.07) is 7.39. The van der Waals surface area contributed by atoms with Crippen molar-refractivity contribution in [2.75, 3.05) is 27.8 Å². The van der Waals surface area contributed by atoms with Crippen molar-refractivity contribution in [3.63, 3.8) is 0 Å². The van der Waals surface area contributed by atoms with Crippen LogP contribution in [-0.4, -0.2) is 44.6 Å². The van der Waals surface area contributed by atoms with Crippen molar-refractivity contribution in [1.29, 1.82) is 0 Å². The molecule has 0 bridgehead atoms. The van der Waals surface area contributed by atoms with Crippen LogP contribution in [0.25, 0.3) is 6.08 Å². The SMILES string of the molecule is COC(=O)CCN(C)C(=O)/C=C/c1cccc(OC)c1.